The Bertz CT molecular complexity index is 2540. The molecule has 1 aromatic heterocycles. The Labute approximate surface area is 300 Å². The molecule has 8 aromatic rings. The van der Waals surface area contributed by atoms with Crippen molar-refractivity contribution in [1.82, 2.24) is 9.97 Å². The van der Waals surface area contributed by atoms with E-state index in [0.717, 1.165) is 28.2 Å². The normalized spacial score (nSPS) is 12.7. The fourth-order valence-corrected chi connectivity index (χ4v) is 10.5. The van der Waals surface area contributed by atoms with E-state index in [1.54, 1.807) is 0 Å². The van der Waals surface area contributed by atoms with Crippen molar-refractivity contribution in [3.63, 3.8) is 0 Å². The van der Waals surface area contributed by atoms with Gasteiger partial charge in [-0.05, 0) is 73.5 Å². The van der Waals surface area contributed by atoms with Crippen molar-refractivity contribution >= 4 is 18.6 Å². The molecule has 0 unspecified atom stereocenters. The van der Waals surface area contributed by atoms with Crippen molar-refractivity contribution in [2.45, 2.75) is 13.1 Å². The van der Waals surface area contributed by atoms with Crippen LogP contribution >= 0.6 is 0 Å². The maximum atomic E-state index is 5.39. The molecule has 0 atom stereocenters. The molecule has 0 spiro atoms. The number of aromatic nitrogens is 2. The predicted molar refractivity (Wildman–Crippen MR) is 217 cm³/mol. The van der Waals surface area contributed by atoms with Crippen LogP contribution in [0.15, 0.2) is 182 Å². The Morgan fingerprint density at radius 1 is 0.353 bits per heavy atom. The Morgan fingerprint density at radius 2 is 0.765 bits per heavy atom. The van der Waals surface area contributed by atoms with Crippen molar-refractivity contribution in [3.8, 4) is 78.3 Å². The molecule has 9 rings (SSSR count). The quantitative estimate of drug-likeness (QED) is 0.165. The number of fused-ring (bicyclic) bond motifs is 3. The second kappa shape index (κ2) is 12.6. The first-order valence-corrected chi connectivity index (χ1v) is 20.6. The number of benzene rings is 7. The van der Waals surface area contributed by atoms with E-state index >= 15 is 0 Å². The van der Waals surface area contributed by atoms with Crippen LogP contribution in [0.3, 0.4) is 0 Å². The third-order valence-electron chi connectivity index (χ3n) is 10.3. The van der Waals surface area contributed by atoms with E-state index in [-0.39, 0.29) is 0 Å². The molecule has 0 radical (unpaired) electrons. The second-order valence-electron chi connectivity index (χ2n) is 13.8. The minimum absolute atomic E-state index is 0.782. The SMILES string of the molecule is C[Si]1(C)c2ccccc2-c2c(-c3ccccc3)nc(-c3cccc(-c4cccc(-c5cccc(-c6ccc(-c7ccccc7)cc6)c5)c4)c3)nc21. The topological polar surface area (TPSA) is 25.8 Å². The van der Waals surface area contributed by atoms with Gasteiger partial charge >= 0.3 is 0 Å². The highest BCUT2D eigenvalue weighted by molar-refractivity contribution is 7.03. The van der Waals surface area contributed by atoms with Gasteiger partial charge in [-0.2, -0.15) is 0 Å². The molecule has 2 heterocycles. The van der Waals surface area contributed by atoms with Crippen molar-refractivity contribution < 1.29 is 0 Å². The van der Waals surface area contributed by atoms with Crippen LogP contribution < -0.4 is 10.5 Å². The summed E-state index contributed by atoms with van der Waals surface area (Å²) in [6.07, 6.45) is 0. The molecule has 0 N–H and O–H groups in total. The van der Waals surface area contributed by atoms with Gasteiger partial charge in [-0.25, -0.2) is 9.97 Å². The van der Waals surface area contributed by atoms with E-state index in [1.165, 1.54) is 60.6 Å². The summed E-state index contributed by atoms with van der Waals surface area (Å²) in [5.41, 5.74) is 15.2. The number of hydrogen-bond donors (Lipinski definition) is 0. The largest absolute Gasteiger partial charge is 0.237 e. The zero-order chi connectivity index (χ0) is 34.4. The molecule has 0 amide bonds. The average Bonchev–Trinajstić information content (AvgIpc) is 3.44. The molecular formula is C48H36N2Si. The molecule has 7 aromatic carbocycles. The highest BCUT2D eigenvalue weighted by atomic mass is 28.3. The Balaban J connectivity index is 1.07. The third kappa shape index (κ3) is 5.62. The van der Waals surface area contributed by atoms with Crippen molar-refractivity contribution in [2.75, 3.05) is 0 Å². The molecule has 0 aliphatic carbocycles. The second-order valence-corrected chi connectivity index (χ2v) is 18.1. The summed E-state index contributed by atoms with van der Waals surface area (Å²) in [6.45, 7) is 4.83. The van der Waals surface area contributed by atoms with Crippen LogP contribution in [0.2, 0.25) is 13.1 Å². The van der Waals surface area contributed by atoms with Gasteiger partial charge in [0.25, 0.3) is 0 Å². The van der Waals surface area contributed by atoms with Crippen LogP contribution in [0.5, 0.6) is 0 Å². The maximum Gasteiger partial charge on any atom is 0.159 e. The fourth-order valence-electron chi connectivity index (χ4n) is 7.56. The highest BCUT2D eigenvalue weighted by Crippen LogP contribution is 2.37. The zero-order valence-electron chi connectivity index (χ0n) is 28.7. The minimum atomic E-state index is -2.03. The van der Waals surface area contributed by atoms with Crippen LogP contribution in [0.4, 0.5) is 0 Å². The van der Waals surface area contributed by atoms with E-state index in [0.29, 0.717) is 0 Å². The summed E-state index contributed by atoms with van der Waals surface area (Å²) >= 11 is 0. The molecule has 0 fully saturated rings. The van der Waals surface area contributed by atoms with E-state index < -0.39 is 8.07 Å². The summed E-state index contributed by atoms with van der Waals surface area (Å²) in [5, 5.41) is 2.65. The van der Waals surface area contributed by atoms with Gasteiger partial charge < -0.3 is 0 Å². The summed E-state index contributed by atoms with van der Waals surface area (Å²) in [7, 11) is -2.03. The minimum Gasteiger partial charge on any atom is -0.237 e. The number of rotatable bonds is 6. The lowest BCUT2D eigenvalue weighted by Crippen LogP contribution is -2.50. The Morgan fingerprint density at radius 3 is 1.35 bits per heavy atom. The van der Waals surface area contributed by atoms with Crippen molar-refractivity contribution in [1.29, 1.82) is 0 Å². The standard InChI is InChI=1S/C48H36N2Si/c1-51(2)44-25-10-9-24-43(44)45-46(36-16-7-4-8-17-36)49-47(50-48(45)51)42-23-13-22-41(32-42)40-21-12-20-39(31-40)38-19-11-18-37(30-38)35-28-26-34(27-29-35)33-14-5-3-6-15-33/h3-32H,1-2H3. The molecule has 0 bridgehead atoms. The molecule has 51 heavy (non-hydrogen) atoms. The summed E-state index contributed by atoms with van der Waals surface area (Å²) in [5.74, 6) is 0.782. The number of nitrogens with zero attached hydrogens (tertiary/aromatic N) is 2. The van der Waals surface area contributed by atoms with Crippen LogP contribution in [0.1, 0.15) is 0 Å². The van der Waals surface area contributed by atoms with Gasteiger partial charge in [-0.3, -0.25) is 0 Å². The van der Waals surface area contributed by atoms with Gasteiger partial charge in [-0.15, -0.1) is 0 Å². The molecule has 3 heteroatoms. The first kappa shape index (κ1) is 30.9. The third-order valence-corrected chi connectivity index (χ3v) is 13.6. The van der Waals surface area contributed by atoms with Gasteiger partial charge in [0, 0.05) is 22.0 Å². The molecule has 1 aliphatic heterocycles. The first-order chi connectivity index (χ1) is 25.0. The van der Waals surface area contributed by atoms with Gasteiger partial charge in [0.15, 0.2) is 5.82 Å². The lowest BCUT2D eigenvalue weighted by molar-refractivity contribution is 1.21. The van der Waals surface area contributed by atoms with Crippen molar-refractivity contribution in [3.05, 3.63) is 182 Å². The molecule has 0 saturated carbocycles. The molecular weight excluding hydrogens is 633 g/mol. The maximum absolute atomic E-state index is 5.39. The van der Waals surface area contributed by atoms with Gasteiger partial charge in [0.2, 0.25) is 0 Å². The highest BCUT2D eigenvalue weighted by Gasteiger charge is 2.41. The summed E-state index contributed by atoms with van der Waals surface area (Å²) < 4.78 is 0. The summed E-state index contributed by atoms with van der Waals surface area (Å²) in [6, 6.07) is 65.2. The average molecular weight is 669 g/mol. The van der Waals surface area contributed by atoms with Crippen LogP contribution in [-0.2, 0) is 0 Å². The smallest absolute Gasteiger partial charge is 0.159 e. The monoisotopic (exact) mass is 668 g/mol. The van der Waals surface area contributed by atoms with Gasteiger partial charge in [0.1, 0.15) is 8.07 Å². The van der Waals surface area contributed by atoms with Crippen LogP contribution in [-0.4, -0.2) is 18.0 Å². The van der Waals surface area contributed by atoms with Crippen molar-refractivity contribution in [2.24, 2.45) is 0 Å². The molecule has 1 aliphatic rings. The van der Waals surface area contributed by atoms with Gasteiger partial charge in [0.05, 0.1) is 5.69 Å². The fraction of sp³-hybridized carbons (Fsp3) is 0.0417. The zero-order valence-corrected chi connectivity index (χ0v) is 29.7. The van der Waals surface area contributed by atoms with E-state index in [2.05, 4.69) is 195 Å². The summed E-state index contributed by atoms with van der Waals surface area (Å²) in [4.78, 5) is 10.7. The van der Waals surface area contributed by atoms with E-state index in [4.69, 9.17) is 9.97 Å². The molecule has 0 saturated heterocycles. The van der Waals surface area contributed by atoms with Gasteiger partial charge in [-0.1, -0.05) is 177 Å². The predicted octanol–water partition coefficient (Wildman–Crippen LogP) is 11.3. The van der Waals surface area contributed by atoms with E-state index in [1.807, 2.05) is 0 Å². The molecule has 2 nitrogen and oxygen atoms in total. The molecule has 242 valence electrons. The Kier molecular flexibility index (Phi) is 7.64. The van der Waals surface area contributed by atoms with Crippen LogP contribution in [0.25, 0.3) is 78.3 Å². The number of hydrogen-bond acceptors (Lipinski definition) is 2. The first-order valence-electron chi connectivity index (χ1n) is 17.6. The van der Waals surface area contributed by atoms with E-state index in [9.17, 15) is 0 Å². The lowest BCUT2D eigenvalue weighted by atomic mass is 9.95. The van der Waals surface area contributed by atoms with Crippen LogP contribution in [0, 0.1) is 0 Å². The Hall–Kier alpha value is -6.16. The lowest BCUT2D eigenvalue weighted by Gasteiger charge is -2.19.